The maximum absolute atomic E-state index is 5.85. The Kier molecular flexibility index (Phi) is 3.03. The largest absolute Gasteiger partial charge is 0.489 e. The fraction of sp³-hybridized carbons (Fsp3) is 0.250. The zero-order valence-electron chi connectivity index (χ0n) is 11.0. The smallest absolute Gasteiger partial charge is 0.142 e. The predicted molar refractivity (Wildman–Crippen MR) is 78.4 cm³/mol. The van der Waals surface area contributed by atoms with Crippen molar-refractivity contribution in [1.29, 1.82) is 0 Å². The minimum Gasteiger partial charge on any atom is -0.489 e. The number of para-hydroxylation sites is 2. The lowest BCUT2D eigenvalue weighted by atomic mass is 10.1. The number of hydrogen-bond donors (Lipinski definition) is 1. The second-order valence-corrected chi connectivity index (χ2v) is 5.00. The topological polar surface area (TPSA) is 38.5 Å². The van der Waals surface area contributed by atoms with E-state index in [0.717, 1.165) is 30.3 Å². The van der Waals surface area contributed by atoms with Gasteiger partial charge in [-0.25, -0.2) is 0 Å². The van der Waals surface area contributed by atoms with Crippen molar-refractivity contribution in [3.05, 3.63) is 54.1 Å². The van der Waals surface area contributed by atoms with Gasteiger partial charge in [0.15, 0.2) is 0 Å². The Balaban J connectivity index is 1.91. The molecule has 98 valence electrons. The number of hydrogen-bond acceptors (Lipinski definition) is 3. The first-order valence-corrected chi connectivity index (χ1v) is 6.57. The number of nitrogen functional groups attached to an aromatic ring is 1. The Morgan fingerprint density at radius 3 is 2.89 bits per heavy atom. The molecule has 1 aliphatic rings. The summed E-state index contributed by atoms with van der Waals surface area (Å²) < 4.78 is 5.76. The van der Waals surface area contributed by atoms with Crippen LogP contribution in [-0.4, -0.2) is 12.6 Å². The van der Waals surface area contributed by atoms with Gasteiger partial charge in [0.25, 0.3) is 0 Å². The van der Waals surface area contributed by atoms with E-state index in [-0.39, 0.29) is 0 Å². The SMILES string of the molecule is CC1COc2ccccc2N1Cc1cccc(N)c1. The molecule has 0 saturated heterocycles. The molecule has 1 aliphatic heterocycles. The van der Waals surface area contributed by atoms with Crippen LogP contribution in [0.15, 0.2) is 48.5 Å². The van der Waals surface area contributed by atoms with Crippen LogP contribution in [0.2, 0.25) is 0 Å². The van der Waals surface area contributed by atoms with Crippen molar-refractivity contribution < 1.29 is 4.74 Å². The van der Waals surface area contributed by atoms with Gasteiger partial charge in [-0.2, -0.15) is 0 Å². The van der Waals surface area contributed by atoms with Crippen molar-refractivity contribution in [2.45, 2.75) is 19.5 Å². The molecule has 2 aromatic carbocycles. The Hall–Kier alpha value is -2.16. The lowest BCUT2D eigenvalue weighted by molar-refractivity contribution is 0.269. The molecule has 0 fully saturated rings. The Bertz CT molecular complexity index is 582. The molecule has 3 nitrogen and oxygen atoms in total. The van der Waals surface area contributed by atoms with Crippen molar-refractivity contribution in [3.63, 3.8) is 0 Å². The standard InChI is InChI=1S/C16H18N2O/c1-12-11-19-16-8-3-2-7-15(16)18(12)10-13-5-4-6-14(17)9-13/h2-9,12H,10-11,17H2,1H3. The minimum absolute atomic E-state index is 0.358. The zero-order valence-corrected chi connectivity index (χ0v) is 11.0. The fourth-order valence-corrected chi connectivity index (χ4v) is 2.48. The molecule has 0 bridgehead atoms. The lowest BCUT2D eigenvalue weighted by Gasteiger charge is -2.36. The summed E-state index contributed by atoms with van der Waals surface area (Å²) in [7, 11) is 0. The van der Waals surface area contributed by atoms with Gasteiger partial charge in [0.2, 0.25) is 0 Å². The third-order valence-corrected chi connectivity index (χ3v) is 3.49. The van der Waals surface area contributed by atoms with Crippen LogP contribution >= 0.6 is 0 Å². The Morgan fingerprint density at radius 2 is 2.05 bits per heavy atom. The van der Waals surface area contributed by atoms with Crippen LogP contribution in [0.1, 0.15) is 12.5 Å². The number of ether oxygens (including phenoxy) is 1. The van der Waals surface area contributed by atoms with Gasteiger partial charge in [0, 0.05) is 12.2 Å². The highest BCUT2D eigenvalue weighted by molar-refractivity contribution is 5.61. The second-order valence-electron chi connectivity index (χ2n) is 5.00. The highest BCUT2D eigenvalue weighted by atomic mass is 16.5. The van der Waals surface area contributed by atoms with E-state index >= 15 is 0 Å². The maximum Gasteiger partial charge on any atom is 0.142 e. The van der Waals surface area contributed by atoms with E-state index in [4.69, 9.17) is 10.5 Å². The van der Waals surface area contributed by atoms with Gasteiger partial charge in [-0.15, -0.1) is 0 Å². The average Bonchev–Trinajstić information content (AvgIpc) is 2.42. The molecule has 0 aromatic heterocycles. The molecular formula is C16H18N2O. The van der Waals surface area contributed by atoms with Gasteiger partial charge in [-0.3, -0.25) is 0 Å². The highest BCUT2D eigenvalue weighted by Gasteiger charge is 2.23. The van der Waals surface area contributed by atoms with Crippen molar-refractivity contribution in [1.82, 2.24) is 0 Å². The highest BCUT2D eigenvalue weighted by Crippen LogP contribution is 2.34. The van der Waals surface area contributed by atoms with Crippen molar-refractivity contribution in [2.24, 2.45) is 0 Å². The van der Waals surface area contributed by atoms with Gasteiger partial charge < -0.3 is 15.4 Å². The second kappa shape index (κ2) is 4.84. The van der Waals surface area contributed by atoms with Crippen molar-refractivity contribution >= 4 is 11.4 Å². The van der Waals surface area contributed by atoms with Gasteiger partial charge in [0.05, 0.1) is 11.7 Å². The molecule has 1 unspecified atom stereocenters. The first kappa shape index (κ1) is 11.9. The number of benzene rings is 2. The van der Waals surface area contributed by atoms with E-state index in [2.05, 4.69) is 24.0 Å². The van der Waals surface area contributed by atoms with Crippen LogP contribution in [0, 0.1) is 0 Å². The number of rotatable bonds is 2. The maximum atomic E-state index is 5.85. The van der Waals surface area contributed by atoms with Crippen LogP contribution < -0.4 is 15.4 Å². The van der Waals surface area contributed by atoms with E-state index in [1.807, 2.05) is 36.4 Å². The first-order valence-electron chi connectivity index (χ1n) is 6.57. The summed E-state index contributed by atoms with van der Waals surface area (Å²) >= 11 is 0. The van der Waals surface area contributed by atoms with Gasteiger partial charge in [-0.1, -0.05) is 24.3 Å². The summed E-state index contributed by atoms with van der Waals surface area (Å²) in [6.07, 6.45) is 0. The summed E-state index contributed by atoms with van der Waals surface area (Å²) in [5, 5.41) is 0. The summed E-state index contributed by atoms with van der Waals surface area (Å²) in [4.78, 5) is 2.37. The normalized spacial score (nSPS) is 17.7. The molecule has 0 amide bonds. The molecule has 3 rings (SSSR count). The van der Waals surface area contributed by atoms with E-state index in [1.165, 1.54) is 5.56 Å². The molecule has 2 N–H and O–H groups in total. The number of anilines is 2. The average molecular weight is 254 g/mol. The van der Waals surface area contributed by atoms with Gasteiger partial charge in [0.1, 0.15) is 12.4 Å². The first-order chi connectivity index (χ1) is 9.24. The Morgan fingerprint density at radius 1 is 1.21 bits per heavy atom. The molecule has 1 heterocycles. The monoisotopic (exact) mass is 254 g/mol. The minimum atomic E-state index is 0.358. The summed E-state index contributed by atoms with van der Waals surface area (Å²) in [5.74, 6) is 0.963. The molecule has 0 radical (unpaired) electrons. The van der Waals surface area contributed by atoms with Gasteiger partial charge >= 0.3 is 0 Å². The van der Waals surface area contributed by atoms with E-state index in [9.17, 15) is 0 Å². The summed E-state index contributed by atoms with van der Waals surface area (Å²) in [6, 6.07) is 16.6. The summed E-state index contributed by atoms with van der Waals surface area (Å²) in [6.45, 7) is 3.76. The predicted octanol–water partition coefficient (Wildman–Crippen LogP) is 3.06. The van der Waals surface area contributed by atoms with Gasteiger partial charge in [-0.05, 0) is 36.8 Å². The molecule has 2 aromatic rings. The zero-order chi connectivity index (χ0) is 13.2. The number of nitrogens with zero attached hydrogens (tertiary/aromatic N) is 1. The van der Waals surface area contributed by atoms with Crippen LogP contribution in [0.4, 0.5) is 11.4 Å². The molecule has 0 saturated carbocycles. The lowest BCUT2D eigenvalue weighted by Crippen LogP contribution is -2.40. The molecule has 19 heavy (non-hydrogen) atoms. The molecule has 1 atom stereocenters. The molecule has 0 spiro atoms. The van der Waals surface area contributed by atoms with E-state index in [0.29, 0.717) is 6.04 Å². The number of fused-ring (bicyclic) bond motifs is 1. The number of nitrogens with two attached hydrogens (primary N) is 1. The molecular weight excluding hydrogens is 236 g/mol. The van der Waals surface area contributed by atoms with Crippen LogP contribution in [-0.2, 0) is 6.54 Å². The van der Waals surface area contributed by atoms with Crippen LogP contribution in [0.3, 0.4) is 0 Å². The van der Waals surface area contributed by atoms with Crippen molar-refractivity contribution in [3.8, 4) is 5.75 Å². The van der Waals surface area contributed by atoms with E-state index < -0.39 is 0 Å². The van der Waals surface area contributed by atoms with Crippen LogP contribution in [0.25, 0.3) is 0 Å². The summed E-state index contributed by atoms with van der Waals surface area (Å²) in [5.41, 5.74) is 9.04. The van der Waals surface area contributed by atoms with Crippen LogP contribution in [0.5, 0.6) is 5.75 Å². The quantitative estimate of drug-likeness (QED) is 0.837. The van der Waals surface area contributed by atoms with E-state index in [1.54, 1.807) is 0 Å². The third-order valence-electron chi connectivity index (χ3n) is 3.49. The third kappa shape index (κ3) is 2.36. The molecule has 3 heteroatoms. The fourth-order valence-electron chi connectivity index (χ4n) is 2.48. The Labute approximate surface area is 113 Å². The molecule has 0 aliphatic carbocycles. The van der Waals surface area contributed by atoms with Crippen molar-refractivity contribution in [2.75, 3.05) is 17.2 Å².